The molecule has 2 heterocycles. The quantitative estimate of drug-likeness (QED) is 0.696. The molecule has 30 heavy (non-hydrogen) atoms. The van der Waals surface area contributed by atoms with Crippen molar-refractivity contribution in [1.82, 2.24) is 19.4 Å². The Hall–Kier alpha value is -2.42. The van der Waals surface area contributed by atoms with Crippen LogP contribution in [0.15, 0.2) is 18.2 Å². The second kappa shape index (κ2) is 9.59. The number of aryl methyl sites for hydroxylation is 1. The molecule has 6 nitrogen and oxygen atoms in total. The van der Waals surface area contributed by atoms with Crippen LogP contribution in [0.25, 0.3) is 0 Å². The first-order valence-corrected chi connectivity index (χ1v) is 10.9. The van der Waals surface area contributed by atoms with Gasteiger partial charge in [-0.05, 0) is 55.3 Å². The molecule has 9 heteroatoms. The summed E-state index contributed by atoms with van der Waals surface area (Å²) < 4.78 is 31.4. The normalized spacial score (nSPS) is 15.8. The minimum atomic E-state index is -0.620. The summed E-state index contributed by atoms with van der Waals surface area (Å²) in [5.74, 6) is -1.20. The van der Waals surface area contributed by atoms with Gasteiger partial charge in [0.2, 0.25) is 5.91 Å². The third-order valence-corrected chi connectivity index (χ3v) is 6.67. The largest absolute Gasteiger partial charge is 0.342 e. The average molecular weight is 437 g/mol. The molecule has 1 unspecified atom stereocenters. The molecule has 0 bridgehead atoms. The first-order chi connectivity index (χ1) is 14.3. The predicted octanol–water partition coefficient (Wildman–Crippen LogP) is 3.46. The molecule has 1 aliphatic rings. The van der Waals surface area contributed by atoms with E-state index in [4.69, 9.17) is 0 Å². The number of aromatic nitrogens is 2. The van der Waals surface area contributed by atoms with Gasteiger partial charge in [-0.3, -0.25) is 9.59 Å². The van der Waals surface area contributed by atoms with Gasteiger partial charge in [-0.15, -0.1) is 5.10 Å². The van der Waals surface area contributed by atoms with Gasteiger partial charge in [-0.2, -0.15) is 0 Å². The Balaban J connectivity index is 1.73. The summed E-state index contributed by atoms with van der Waals surface area (Å²) in [6, 6.07) is 3.34. The molecule has 2 aromatic rings. The number of nitrogens with zero attached hydrogens (tertiary/aromatic N) is 4. The van der Waals surface area contributed by atoms with E-state index < -0.39 is 11.6 Å². The number of likely N-dealkylation sites (tertiary alicyclic amines) is 1. The van der Waals surface area contributed by atoms with Gasteiger partial charge in [-0.25, -0.2) is 8.78 Å². The van der Waals surface area contributed by atoms with Gasteiger partial charge in [-0.1, -0.05) is 17.5 Å². The lowest BCUT2D eigenvalue weighted by Gasteiger charge is -2.40. The van der Waals surface area contributed by atoms with Crippen molar-refractivity contribution in [3.05, 3.63) is 46.0 Å². The van der Waals surface area contributed by atoms with Crippen LogP contribution in [0.2, 0.25) is 0 Å². The number of amides is 2. The Labute approximate surface area is 179 Å². The smallest absolute Gasteiger partial charge is 0.267 e. The maximum absolute atomic E-state index is 14.3. The summed E-state index contributed by atoms with van der Waals surface area (Å²) in [6.45, 7) is 4.66. The molecule has 1 fully saturated rings. The molecule has 1 atom stereocenters. The molecule has 0 N–H and O–H groups in total. The number of halogens is 2. The number of hydrogen-bond donors (Lipinski definition) is 0. The minimum Gasteiger partial charge on any atom is -0.342 e. The van der Waals surface area contributed by atoms with Crippen LogP contribution in [0.1, 0.15) is 47.1 Å². The number of likely N-dealkylation sites (N-methyl/N-ethyl adjacent to an activating group) is 1. The molecule has 0 aliphatic carbocycles. The van der Waals surface area contributed by atoms with E-state index in [1.165, 1.54) is 12.1 Å². The summed E-state index contributed by atoms with van der Waals surface area (Å²) in [5.41, 5.74) is 1.02. The van der Waals surface area contributed by atoms with Crippen molar-refractivity contribution in [2.75, 3.05) is 20.1 Å². The van der Waals surface area contributed by atoms with E-state index in [0.29, 0.717) is 54.9 Å². The predicted molar refractivity (Wildman–Crippen MR) is 110 cm³/mol. The second-order valence-corrected chi connectivity index (χ2v) is 8.44. The Bertz CT molecular complexity index is 912. The highest BCUT2D eigenvalue weighted by molar-refractivity contribution is 7.07. The van der Waals surface area contributed by atoms with Gasteiger partial charge in [0.15, 0.2) is 0 Å². The molecule has 162 valence electrons. The van der Waals surface area contributed by atoms with E-state index >= 15 is 0 Å². The first-order valence-electron chi connectivity index (χ1n) is 10.1. The topological polar surface area (TPSA) is 66.4 Å². The van der Waals surface area contributed by atoms with E-state index in [1.54, 1.807) is 30.7 Å². The maximum Gasteiger partial charge on any atom is 0.267 e. The zero-order valence-corrected chi connectivity index (χ0v) is 18.2. The van der Waals surface area contributed by atoms with E-state index in [1.807, 2.05) is 0 Å². The number of piperidine rings is 1. The lowest BCUT2D eigenvalue weighted by molar-refractivity contribution is -0.133. The van der Waals surface area contributed by atoms with E-state index in [-0.39, 0.29) is 23.8 Å². The summed E-state index contributed by atoms with van der Waals surface area (Å²) in [6.07, 6.45) is 2.07. The summed E-state index contributed by atoms with van der Waals surface area (Å²) >= 11 is 1.10. The van der Waals surface area contributed by atoms with Crippen LogP contribution >= 0.6 is 11.5 Å². The molecule has 1 saturated heterocycles. The van der Waals surface area contributed by atoms with Crippen molar-refractivity contribution in [3.63, 3.8) is 0 Å². The highest BCUT2D eigenvalue weighted by Gasteiger charge is 2.33. The van der Waals surface area contributed by atoms with Crippen molar-refractivity contribution in [1.29, 1.82) is 0 Å². The van der Waals surface area contributed by atoms with Gasteiger partial charge in [0.1, 0.15) is 16.5 Å². The number of benzene rings is 1. The number of rotatable bonds is 6. The Morgan fingerprint density at radius 3 is 2.57 bits per heavy atom. The number of carbonyl (C=O) groups excluding carboxylic acids is 2. The molecule has 1 aliphatic heterocycles. The molecule has 3 rings (SSSR count). The fourth-order valence-electron chi connectivity index (χ4n) is 4.03. The van der Waals surface area contributed by atoms with Gasteiger partial charge >= 0.3 is 0 Å². The molecule has 2 amide bonds. The van der Waals surface area contributed by atoms with Crippen LogP contribution in [-0.4, -0.2) is 57.4 Å². The number of hydrogen-bond acceptors (Lipinski definition) is 5. The highest BCUT2D eigenvalue weighted by atomic mass is 32.1. The Morgan fingerprint density at radius 1 is 1.30 bits per heavy atom. The molecule has 1 aromatic heterocycles. The van der Waals surface area contributed by atoms with Crippen LogP contribution in [-0.2, 0) is 11.2 Å². The molecule has 1 aromatic carbocycles. The van der Waals surface area contributed by atoms with Crippen molar-refractivity contribution < 1.29 is 18.4 Å². The van der Waals surface area contributed by atoms with Crippen molar-refractivity contribution in [2.24, 2.45) is 5.92 Å². The zero-order chi connectivity index (χ0) is 21.8. The standard InChI is InChI=1S/C21H26F2N4O2S/c1-4-19(28)26(3)18(11-15-5-6-16(22)12-17(15)23)14-7-9-27(10-8-14)21(29)20-13(2)24-25-30-20/h5-6,12,14,18H,4,7-11H2,1-3H3. The molecule has 0 radical (unpaired) electrons. The molecule has 0 spiro atoms. The Morgan fingerprint density at radius 2 is 2.00 bits per heavy atom. The third kappa shape index (κ3) is 4.83. The van der Waals surface area contributed by atoms with Crippen LogP contribution in [0.5, 0.6) is 0 Å². The lowest BCUT2D eigenvalue weighted by Crippen LogP contribution is -2.48. The number of carbonyl (C=O) groups is 2. The van der Waals surface area contributed by atoms with Crippen LogP contribution in [0.4, 0.5) is 8.78 Å². The fraction of sp³-hybridized carbons (Fsp3) is 0.524. The minimum absolute atomic E-state index is 0.0209. The summed E-state index contributed by atoms with van der Waals surface area (Å²) in [5, 5.41) is 3.90. The van der Waals surface area contributed by atoms with Crippen LogP contribution < -0.4 is 0 Å². The van der Waals surface area contributed by atoms with E-state index in [9.17, 15) is 18.4 Å². The SMILES string of the molecule is CCC(=O)N(C)C(Cc1ccc(F)cc1F)C1CCN(C(=O)c2snnc2C)CC1. The fourth-order valence-corrected chi connectivity index (χ4v) is 4.65. The van der Waals surface area contributed by atoms with Gasteiger partial charge in [0, 0.05) is 38.7 Å². The van der Waals surface area contributed by atoms with Gasteiger partial charge in [0.05, 0.1) is 5.69 Å². The van der Waals surface area contributed by atoms with Crippen molar-refractivity contribution in [2.45, 2.75) is 45.6 Å². The maximum atomic E-state index is 14.3. The Kier molecular flexibility index (Phi) is 7.12. The van der Waals surface area contributed by atoms with Gasteiger partial charge in [0.25, 0.3) is 5.91 Å². The third-order valence-electron chi connectivity index (χ3n) is 5.85. The van der Waals surface area contributed by atoms with E-state index in [2.05, 4.69) is 9.59 Å². The van der Waals surface area contributed by atoms with Gasteiger partial charge < -0.3 is 9.80 Å². The van der Waals surface area contributed by atoms with Crippen LogP contribution in [0, 0.1) is 24.5 Å². The first kappa shape index (κ1) is 22.3. The van der Waals surface area contributed by atoms with Crippen molar-refractivity contribution >= 4 is 23.3 Å². The van der Waals surface area contributed by atoms with Crippen molar-refractivity contribution in [3.8, 4) is 0 Å². The highest BCUT2D eigenvalue weighted by Crippen LogP contribution is 2.29. The zero-order valence-electron chi connectivity index (χ0n) is 17.4. The molecular formula is C21H26F2N4O2S. The monoisotopic (exact) mass is 436 g/mol. The van der Waals surface area contributed by atoms with E-state index in [0.717, 1.165) is 17.6 Å². The second-order valence-electron chi connectivity index (χ2n) is 7.68. The summed E-state index contributed by atoms with van der Waals surface area (Å²) in [4.78, 5) is 29.1. The lowest BCUT2D eigenvalue weighted by atomic mass is 9.84. The average Bonchev–Trinajstić information content (AvgIpc) is 3.17. The van der Waals surface area contributed by atoms with Crippen LogP contribution in [0.3, 0.4) is 0 Å². The molecule has 0 saturated carbocycles. The summed E-state index contributed by atoms with van der Waals surface area (Å²) in [7, 11) is 1.74. The molecular weight excluding hydrogens is 410 g/mol.